The van der Waals surface area contributed by atoms with E-state index in [0.29, 0.717) is 0 Å². The van der Waals surface area contributed by atoms with E-state index >= 15 is 0 Å². The fourth-order valence-electron chi connectivity index (χ4n) is 1.21. The molecule has 0 fully saturated rings. The monoisotopic (exact) mass is 261 g/mol. The van der Waals surface area contributed by atoms with Crippen LogP contribution >= 0.6 is 11.6 Å². The largest absolute Gasteiger partial charge is 0.354 e. The fraction of sp³-hybridized carbons (Fsp3) is 0.364. The Hall–Kier alpha value is -1.17. The molecule has 6 heteroatoms. The van der Waals surface area contributed by atoms with Crippen molar-refractivity contribution in [1.29, 1.82) is 0 Å². The molecule has 17 heavy (non-hydrogen) atoms. The molecule has 0 atom stereocenters. The third-order valence-corrected chi connectivity index (χ3v) is 2.44. The van der Waals surface area contributed by atoms with Crippen LogP contribution in [0.1, 0.15) is 10.4 Å². The average Bonchev–Trinajstić information content (AvgIpc) is 2.33. The number of hydrogen-bond donors (Lipinski definition) is 1. The van der Waals surface area contributed by atoms with Crippen LogP contribution in [0.15, 0.2) is 18.2 Å². The van der Waals surface area contributed by atoms with Gasteiger partial charge in [-0.3, -0.25) is 4.79 Å². The summed E-state index contributed by atoms with van der Waals surface area (Å²) in [5.74, 6) is -1.30. The fourth-order valence-corrected chi connectivity index (χ4v) is 1.39. The maximum Gasteiger partial charge on any atom is 0.254 e. The van der Waals surface area contributed by atoms with Gasteiger partial charge in [0, 0.05) is 14.2 Å². The zero-order valence-corrected chi connectivity index (χ0v) is 10.3. The van der Waals surface area contributed by atoms with Crippen LogP contribution in [0.3, 0.4) is 0 Å². The minimum atomic E-state index is -0.738. The summed E-state index contributed by atoms with van der Waals surface area (Å²) in [4.78, 5) is 11.6. The summed E-state index contributed by atoms with van der Waals surface area (Å²) in [5, 5.41) is 2.39. The van der Waals surface area contributed by atoms with Gasteiger partial charge in [-0.15, -0.1) is 0 Å². The van der Waals surface area contributed by atoms with Gasteiger partial charge < -0.3 is 14.8 Å². The van der Waals surface area contributed by atoms with Gasteiger partial charge in [-0.25, -0.2) is 4.39 Å². The van der Waals surface area contributed by atoms with Gasteiger partial charge in [-0.1, -0.05) is 17.7 Å². The van der Waals surface area contributed by atoms with Crippen molar-refractivity contribution in [3.8, 4) is 0 Å². The van der Waals surface area contributed by atoms with E-state index in [2.05, 4.69) is 5.32 Å². The number of carbonyl (C=O) groups is 1. The van der Waals surface area contributed by atoms with Crippen LogP contribution in [0.5, 0.6) is 0 Å². The standard InChI is InChI=1S/C11H13ClFNO3/c1-16-9(17-2)6-14-11(15)7-4-3-5-8(12)10(7)13/h3-5,9H,6H2,1-2H3,(H,14,15). The highest BCUT2D eigenvalue weighted by Crippen LogP contribution is 2.17. The molecular formula is C11H13ClFNO3. The molecule has 0 radical (unpaired) electrons. The molecule has 0 aromatic heterocycles. The molecule has 0 aliphatic carbocycles. The number of ether oxygens (including phenoxy) is 2. The first-order chi connectivity index (χ1) is 8.10. The number of rotatable bonds is 5. The molecule has 1 rings (SSSR count). The quantitative estimate of drug-likeness (QED) is 0.823. The lowest BCUT2D eigenvalue weighted by Crippen LogP contribution is -2.34. The average molecular weight is 262 g/mol. The van der Waals surface area contributed by atoms with E-state index < -0.39 is 18.0 Å². The molecule has 4 nitrogen and oxygen atoms in total. The van der Waals surface area contributed by atoms with E-state index in [9.17, 15) is 9.18 Å². The van der Waals surface area contributed by atoms with Gasteiger partial charge in [0.05, 0.1) is 17.1 Å². The van der Waals surface area contributed by atoms with Crippen LogP contribution < -0.4 is 5.32 Å². The van der Waals surface area contributed by atoms with Gasteiger partial charge in [0.15, 0.2) is 12.1 Å². The molecular weight excluding hydrogens is 249 g/mol. The topological polar surface area (TPSA) is 47.6 Å². The molecule has 1 N–H and O–H groups in total. The van der Waals surface area contributed by atoms with Crippen LogP contribution in [0.4, 0.5) is 4.39 Å². The SMILES string of the molecule is COC(CNC(=O)c1cccc(Cl)c1F)OC. The van der Waals surface area contributed by atoms with Crippen molar-refractivity contribution in [3.63, 3.8) is 0 Å². The number of benzene rings is 1. The van der Waals surface area contributed by atoms with Crippen LogP contribution in [-0.4, -0.2) is 33.0 Å². The first-order valence-electron chi connectivity index (χ1n) is 4.88. The predicted molar refractivity (Wildman–Crippen MR) is 61.5 cm³/mol. The van der Waals surface area contributed by atoms with Crippen molar-refractivity contribution in [2.45, 2.75) is 6.29 Å². The lowest BCUT2D eigenvalue weighted by atomic mass is 10.2. The van der Waals surface area contributed by atoms with Gasteiger partial charge in [0.1, 0.15) is 0 Å². The number of amides is 1. The Morgan fingerprint density at radius 3 is 2.71 bits per heavy atom. The smallest absolute Gasteiger partial charge is 0.254 e. The molecule has 0 unspecified atom stereocenters. The predicted octanol–water partition coefficient (Wildman–Crippen LogP) is 1.83. The summed E-state index contributed by atoms with van der Waals surface area (Å²) in [6, 6.07) is 4.23. The Morgan fingerprint density at radius 1 is 1.47 bits per heavy atom. The molecule has 0 spiro atoms. The molecule has 1 aromatic rings. The summed E-state index contributed by atoms with van der Waals surface area (Å²) < 4.78 is 23.3. The highest BCUT2D eigenvalue weighted by atomic mass is 35.5. The number of hydrogen-bond acceptors (Lipinski definition) is 3. The lowest BCUT2D eigenvalue weighted by molar-refractivity contribution is -0.0974. The Kier molecular flexibility index (Phi) is 5.34. The lowest BCUT2D eigenvalue weighted by Gasteiger charge is -2.14. The minimum absolute atomic E-state index is 0.0901. The molecule has 0 bridgehead atoms. The Balaban J connectivity index is 2.67. The summed E-state index contributed by atoms with van der Waals surface area (Å²) in [6.07, 6.45) is -0.568. The van der Waals surface area contributed by atoms with Crippen LogP contribution in [0.25, 0.3) is 0 Å². The highest BCUT2D eigenvalue weighted by Gasteiger charge is 2.15. The number of halogens is 2. The van der Waals surface area contributed by atoms with E-state index in [1.165, 1.54) is 32.4 Å². The Bertz CT molecular complexity index is 396. The molecule has 0 saturated carbocycles. The summed E-state index contributed by atoms with van der Waals surface area (Å²) in [6.45, 7) is 0.123. The van der Waals surface area contributed by atoms with E-state index in [4.69, 9.17) is 21.1 Å². The van der Waals surface area contributed by atoms with Crippen molar-refractivity contribution in [2.24, 2.45) is 0 Å². The van der Waals surface area contributed by atoms with E-state index in [1.807, 2.05) is 0 Å². The second-order valence-corrected chi connectivity index (χ2v) is 3.62. The normalized spacial score (nSPS) is 10.6. The number of carbonyl (C=O) groups excluding carboxylic acids is 1. The summed E-state index contributed by atoms with van der Waals surface area (Å²) >= 11 is 5.57. The zero-order valence-electron chi connectivity index (χ0n) is 9.50. The van der Waals surface area contributed by atoms with Crippen molar-refractivity contribution >= 4 is 17.5 Å². The van der Waals surface area contributed by atoms with E-state index in [0.717, 1.165) is 0 Å². The Labute approximate surface area is 104 Å². The zero-order chi connectivity index (χ0) is 12.8. The third kappa shape index (κ3) is 3.66. The first-order valence-corrected chi connectivity index (χ1v) is 5.25. The third-order valence-electron chi connectivity index (χ3n) is 2.15. The molecule has 0 aliphatic rings. The molecule has 94 valence electrons. The molecule has 0 aliphatic heterocycles. The van der Waals surface area contributed by atoms with Gasteiger partial charge in [-0.2, -0.15) is 0 Å². The maximum absolute atomic E-state index is 13.5. The number of methoxy groups -OCH3 is 2. The molecule has 0 saturated heterocycles. The van der Waals surface area contributed by atoms with Gasteiger partial charge in [-0.05, 0) is 12.1 Å². The van der Waals surface area contributed by atoms with Gasteiger partial charge in [0.25, 0.3) is 5.91 Å². The van der Waals surface area contributed by atoms with Gasteiger partial charge in [0.2, 0.25) is 0 Å². The van der Waals surface area contributed by atoms with E-state index in [1.54, 1.807) is 0 Å². The van der Waals surface area contributed by atoms with Crippen molar-refractivity contribution in [3.05, 3.63) is 34.6 Å². The molecule has 0 heterocycles. The van der Waals surface area contributed by atoms with Crippen molar-refractivity contribution < 1.29 is 18.7 Å². The van der Waals surface area contributed by atoms with E-state index in [-0.39, 0.29) is 17.1 Å². The Morgan fingerprint density at radius 2 is 2.12 bits per heavy atom. The van der Waals surface area contributed by atoms with Gasteiger partial charge >= 0.3 is 0 Å². The maximum atomic E-state index is 13.5. The van der Waals surface area contributed by atoms with Crippen LogP contribution in [0, 0.1) is 5.82 Å². The second-order valence-electron chi connectivity index (χ2n) is 3.21. The second kappa shape index (κ2) is 6.54. The van der Waals surface area contributed by atoms with Crippen molar-refractivity contribution in [2.75, 3.05) is 20.8 Å². The summed E-state index contributed by atoms with van der Waals surface area (Å²) in [5.41, 5.74) is -0.108. The first kappa shape index (κ1) is 13.9. The minimum Gasteiger partial charge on any atom is -0.354 e. The molecule has 1 amide bonds. The highest BCUT2D eigenvalue weighted by molar-refractivity contribution is 6.31. The van der Waals surface area contributed by atoms with Crippen molar-refractivity contribution in [1.82, 2.24) is 5.32 Å². The van der Waals surface area contributed by atoms with Crippen LogP contribution in [0.2, 0.25) is 5.02 Å². The summed E-state index contributed by atoms with van der Waals surface area (Å²) in [7, 11) is 2.89. The van der Waals surface area contributed by atoms with Crippen LogP contribution in [-0.2, 0) is 9.47 Å². The molecule has 1 aromatic carbocycles. The number of nitrogens with one attached hydrogen (secondary N) is 1.